The second-order valence-corrected chi connectivity index (χ2v) is 1.74. The van der Waals surface area contributed by atoms with Crippen molar-refractivity contribution >= 4 is 5.97 Å². The van der Waals surface area contributed by atoms with Crippen molar-refractivity contribution in [3.63, 3.8) is 0 Å². The molecule has 0 spiro atoms. The van der Waals surface area contributed by atoms with E-state index in [0.29, 0.717) is 0 Å². The van der Waals surface area contributed by atoms with Crippen molar-refractivity contribution in [1.82, 2.24) is 5.06 Å². The van der Waals surface area contributed by atoms with Crippen LogP contribution in [0.4, 0.5) is 0 Å². The van der Waals surface area contributed by atoms with Gasteiger partial charge in [0.1, 0.15) is 6.26 Å². The van der Waals surface area contributed by atoms with E-state index in [4.69, 9.17) is 9.94 Å². The summed E-state index contributed by atoms with van der Waals surface area (Å²) in [4.78, 5) is 14.9. The fourth-order valence-electron chi connectivity index (χ4n) is 0.563. The average Bonchev–Trinajstić information content (AvgIpc) is 1.88. The molecule has 0 atom stereocenters. The highest BCUT2D eigenvalue weighted by Crippen LogP contribution is 1.98. The van der Waals surface area contributed by atoms with Gasteiger partial charge < -0.3 is 9.94 Å². The molecule has 0 aromatic heterocycles. The van der Waals surface area contributed by atoms with Gasteiger partial charge in [0.25, 0.3) is 0 Å². The molecule has 0 aromatic carbocycles. The number of aliphatic carboxylic acids is 1. The quantitative estimate of drug-likeness (QED) is 0.602. The monoisotopic (exact) mass is 141 g/mol. The zero-order valence-corrected chi connectivity index (χ0v) is 5.23. The van der Waals surface area contributed by atoms with Gasteiger partial charge in [-0.05, 0) is 12.2 Å². The molecular formula is C6H7NO3. The van der Waals surface area contributed by atoms with Crippen LogP contribution in [0, 0.1) is 0 Å². The van der Waals surface area contributed by atoms with E-state index in [1.165, 1.54) is 11.3 Å². The fourth-order valence-corrected chi connectivity index (χ4v) is 0.563. The summed E-state index contributed by atoms with van der Waals surface area (Å²) >= 11 is 0. The first kappa shape index (κ1) is 6.67. The average molecular weight is 141 g/mol. The number of hydrogen-bond acceptors (Lipinski definition) is 3. The summed E-state index contributed by atoms with van der Waals surface area (Å²) in [5, 5.41) is 9.51. The molecule has 0 fully saturated rings. The molecule has 1 heterocycles. The van der Waals surface area contributed by atoms with Crippen molar-refractivity contribution in [3.8, 4) is 0 Å². The maximum Gasteiger partial charge on any atom is 0.326 e. The molecule has 1 rings (SSSR count). The predicted octanol–water partition coefficient (Wildman–Crippen LogP) is 0.346. The minimum Gasteiger partial charge on any atom is -0.480 e. The molecule has 1 N–H and O–H groups in total. The van der Waals surface area contributed by atoms with Gasteiger partial charge in [-0.15, -0.1) is 0 Å². The van der Waals surface area contributed by atoms with Crippen molar-refractivity contribution in [2.75, 3.05) is 6.54 Å². The third kappa shape index (κ3) is 1.81. The lowest BCUT2D eigenvalue weighted by Gasteiger charge is -2.16. The van der Waals surface area contributed by atoms with Crippen molar-refractivity contribution < 1.29 is 14.7 Å². The first-order valence-corrected chi connectivity index (χ1v) is 2.77. The molecule has 0 aromatic rings. The topological polar surface area (TPSA) is 49.8 Å². The lowest BCUT2D eigenvalue weighted by molar-refractivity contribution is -0.147. The fraction of sp³-hybridized carbons (Fsp3) is 0.167. The molecule has 54 valence electrons. The van der Waals surface area contributed by atoms with Crippen LogP contribution in [-0.4, -0.2) is 22.7 Å². The number of carboxylic acid groups (broad SMARTS) is 1. The highest BCUT2D eigenvalue weighted by molar-refractivity contribution is 5.69. The van der Waals surface area contributed by atoms with Gasteiger partial charge in [0.15, 0.2) is 6.54 Å². The summed E-state index contributed by atoms with van der Waals surface area (Å²) in [5.74, 6) is -0.917. The van der Waals surface area contributed by atoms with Crippen molar-refractivity contribution in [1.29, 1.82) is 0 Å². The number of rotatable bonds is 2. The zero-order chi connectivity index (χ0) is 7.40. The van der Waals surface area contributed by atoms with E-state index in [1.807, 2.05) is 0 Å². The lowest BCUT2D eigenvalue weighted by atomic mass is 10.5. The molecule has 0 saturated carbocycles. The molecule has 0 bridgehead atoms. The number of hydrogen-bond donors (Lipinski definition) is 1. The summed E-state index contributed by atoms with van der Waals surface area (Å²) in [7, 11) is 0. The van der Waals surface area contributed by atoms with E-state index in [2.05, 4.69) is 0 Å². The predicted molar refractivity (Wildman–Crippen MR) is 33.7 cm³/mol. The molecule has 0 aliphatic carbocycles. The van der Waals surface area contributed by atoms with E-state index in [9.17, 15) is 4.79 Å². The minimum atomic E-state index is -0.917. The van der Waals surface area contributed by atoms with Gasteiger partial charge >= 0.3 is 5.97 Å². The van der Waals surface area contributed by atoms with Gasteiger partial charge in [-0.25, -0.2) is 5.06 Å². The molecule has 1 aliphatic heterocycles. The van der Waals surface area contributed by atoms with Crippen LogP contribution in [0.2, 0.25) is 0 Å². The summed E-state index contributed by atoms with van der Waals surface area (Å²) in [6.45, 7) is -0.138. The van der Waals surface area contributed by atoms with Crippen LogP contribution in [0.25, 0.3) is 0 Å². The Morgan fingerprint density at radius 2 is 2.40 bits per heavy atom. The number of allylic oxidation sites excluding steroid dienone is 2. The Labute approximate surface area is 58.0 Å². The van der Waals surface area contributed by atoms with Crippen molar-refractivity contribution in [2.45, 2.75) is 0 Å². The normalized spacial score (nSPS) is 15.0. The summed E-state index contributed by atoms with van der Waals surface area (Å²) in [6, 6.07) is 0. The summed E-state index contributed by atoms with van der Waals surface area (Å²) < 4.78 is 0. The van der Waals surface area contributed by atoms with Gasteiger partial charge in [-0.1, -0.05) is 0 Å². The second kappa shape index (κ2) is 2.91. The van der Waals surface area contributed by atoms with Crippen LogP contribution in [0.1, 0.15) is 0 Å². The molecule has 0 saturated heterocycles. The third-order valence-electron chi connectivity index (χ3n) is 0.929. The molecule has 0 unspecified atom stereocenters. The van der Waals surface area contributed by atoms with Crippen LogP contribution in [-0.2, 0) is 9.63 Å². The van der Waals surface area contributed by atoms with E-state index >= 15 is 0 Å². The Balaban J connectivity index is 2.37. The molecule has 0 amide bonds. The van der Waals surface area contributed by atoms with Crippen molar-refractivity contribution in [2.24, 2.45) is 0 Å². The molecular weight excluding hydrogens is 134 g/mol. The highest BCUT2D eigenvalue weighted by atomic mass is 16.7. The molecule has 0 radical (unpaired) electrons. The van der Waals surface area contributed by atoms with Gasteiger partial charge in [-0.3, -0.25) is 4.79 Å². The van der Waals surface area contributed by atoms with E-state index in [0.717, 1.165) is 0 Å². The van der Waals surface area contributed by atoms with Crippen LogP contribution in [0.15, 0.2) is 24.6 Å². The van der Waals surface area contributed by atoms with Gasteiger partial charge in [0.05, 0.1) is 0 Å². The first-order chi connectivity index (χ1) is 4.79. The van der Waals surface area contributed by atoms with Crippen LogP contribution >= 0.6 is 0 Å². The van der Waals surface area contributed by atoms with E-state index in [1.54, 1.807) is 18.4 Å². The van der Waals surface area contributed by atoms with Gasteiger partial charge in [-0.2, -0.15) is 0 Å². The smallest absolute Gasteiger partial charge is 0.326 e. The number of nitrogens with zero attached hydrogens (tertiary/aromatic N) is 1. The van der Waals surface area contributed by atoms with Gasteiger partial charge in [0, 0.05) is 6.20 Å². The van der Waals surface area contributed by atoms with E-state index in [-0.39, 0.29) is 6.54 Å². The maximum absolute atomic E-state index is 10.1. The minimum absolute atomic E-state index is 0.138. The van der Waals surface area contributed by atoms with Crippen LogP contribution < -0.4 is 0 Å². The Hall–Kier alpha value is -1.45. The Bertz CT molecular complexity index is 185. The van der Waals surface area contributed by atoms with Gasteiger partial charge in [0.2, 0.25) is 0 Å². The number of carboxylic acids is 1. The number of hydroxylamine groups is 2. The second-order valence-electron chi connectivity index (χ2n) is 1.74. The molecule has 10 heavy (non-hydrogen) atoms. The van der Waals surface area contributed by atoms with Crippen LogP contribution in [0.3, 0.4) is 0 Å². The van der Waals surface area contributed by atoms with Crippen LogP contribution in [0.5, 0.6) is 0 Å². The Morgan fingerprint density at radius 1 is 1.60 bits per heavy atom. The lowest BCUT2D eigenvalue weighted by Crippen LogP contribution is -2.23. The third-order valence-corrected chi connectivity index (χ3v) is 0.929. The summed E-state index contributed by atoms with van der Waals surface area (Å²) in [6.07, 6.45) is 6.35. The highest BCUT2D eigenvalue weighted by Gasteiger charge is 2.04. The SMILES string of the molecule is O=C(O)CN1C=CC=CO1. The Morgan fingerprint density at radius 3 is 2.90 bits per heavy atom. The maximum atomic E-state index is 10.1. The largest absolute Gasteiger partial charge is 0.480 e. The Kier molecular flexibility index (Phi) is 1.94. The molecule has 1 aliphatic rings. The standard InChI is InChI=1S/C6H7NO3/c8-6(9)5-7-3-1-2-4-10-7/h1-4H,5H2,(H,8,9). The molecule has 4 nitrogen and oxygen atoms in total. The molecule has 4 heteroatoms. The number of carbonyl (C=O) groups is 1. The summed E-state index contributed by atoms with van der Waals surface area (Å²) in [5.41, 5.74) is 0. The zero-order valence-electron chi connectivity index (χ0n) is 5.23. The first-order valence-electron chi connectivity index (χ1n) is 2.77. The van der Waals surface area contributed by atoms with E-state index < -0.39 is 5.97 Å². The van der Waals surface area contributed by atoms with Crippen molar-refractivity contribution in [3.05, 3.63) is 24.6 Å².